The minimum atomic E-state index is 0.543. The molecule has 714 valence electrons. The molecule has 0 fully saturated rings. The molecule has 0 spiro atoms. The highest BCUT2D eigenvalue weighted by atomic mass is 15.1. The van der Waals surface area contributed by atoms with Crippen LogP contribution in [-0.2, 0) is 87.2 Å². The van der Waals surface area contributed by atoms with Crippen LogP contribution in [0.15, 0.2) is 256 Å². The van der Waals surface area contributed by atoms with Crippen molar-refractivity contribution >= 4 is 0 Å². The Kier molecular flexibility index (Phi) is 26.8. The molecule has 12 nitrogen and oxygen atoms in total. The van der Waals surface area contributed by atoms with Crippen LogP contribution in [0.2, 0.25) is 0 Å². The van der Waals surface area contributed by atoms with E-state index in [1.54, 1.807) is 0 Å². The molecule has 143 heavy (non-hydrogen) atoms. The molecule has 0 aliphatic heterocycles. The van der Waals surface area contributed by atoms with Gasteiger partial charge in [0.25, 0.3) is 0 Å². The quantitative estimate of drug-likeness (QED) is 0.133. The smallest absolute Gasteiger partial charge is 0.229 e. The Morgan fingerprint density at radius 2 is 0.503 bits per heavy atom. The van der Waals surface area contributed by atoms with Gasteiger partial charge in [-0.3, -0.25) is 0 Å². The van der Waals surface area contributed by atoms with Crippen LogP contribution in [-0.4, -0.2) is 29.9 Å². The molecule has 12 heteroatoms. The van der Waals surface area contributed by atoms with Crippen molar-refractivity contribution in [2.75, 3.05) is 0 Å². The van der Waals surface area contributed by atoms with Gasteiger partial charge in [-0.15, -0.1) is 0 Å². The number of hydrogen-bond donors (Lipinski definition) is 0. The Labute approximate surface area is 847 Å². The van der Waals surface area contributed by atoms with Crippen LogP contribution in [0.5, 0.6) is 0 Å². The first-order valence-electron chi connectivity index (χ1n) is 51.0. The predicted octanol–water partition coefficient (Wildman–Crippen LogP) is 26.1. The molecule has 0 radical (unpaired) electrons. The van der Waals surface area contributed by atoms with Gasteiger partial charge in [0.05, 0.1) is 109 Å². The number of hydrogen-bond acceptors (Lipinski definition) is 6. The molecular formula is C131H136N12+6. The fourth-order valence-corrected chi connectivity index (χ4v) is 22.6. The molecule has 0 N–H and O–H groups in total. The van der Waals surface area contributed by atoms with Gasteiger partial charge in [-0.05, 0) is 318 Å². The van der Waals surface area contributed by atoms with Crippen LogP contribution in [0.1, 0.15) is 201 Å². The van der Waals surface area contributed by atoms with E-state index < -0.39 is 0 Å². The first-order valence-corrected chi connectivity index (χ1v) is 51.0. The SMILES string of the molecule is Cc1ccc(C)c(-c2ncc3c([n+]2C)Cc2c(C)cccc2-3)c1.Cc1ccc(C)c(-c2ncc3c([n+]2C)Cc2c(CC(C)C)cccc2-3)c1.Cc1ccc(C)c(-c2ncc3c([n+]2C)Cc2c-3cccc2C(C)C)c1.Cc1ccc(C)c(-c2ncc3c([n+]2C)Cc2ccc(C)cc2-3)c1.Cc1ccc(C)c(-c2ncc3c([n+]2C)Cc2cccc(C)c2-3)c1.Cc1ccc2c(c1)Cc1c-2cnc(-c2cc(C)ccc2C)[n+]1C. The second-order valence-corrected chi connectivity index (χ2v) is 42.1. The van der Waals surface area contributed by atoms with Crippen molar-refractivity contribution in [3.05, 3.63) is 423 Å². The topological polar surface area (TPSA) is 101 Å². The zero-order chi connectivity index (χ0) is 101. The molecule has 6 aliphatic rings. The molecule has 6 heterocycles. The molecule has 0 amide bonds. The highest BCUT2D eigenvalue weighted by Crippen LogP contribution is 2.45. The normalized spacial score (nSPS) is 12.3. The fourth-order valence-electron chi connectivity index (χ4n) is 22.6. The minimum absolute atomic E-state index is 0.543. The summed E-state index contributed by atoms with van der Waals surface area (Å²) in [7, 11) is 12.9. The van der Waals surface area contributed by atoms with E-state index in [0.29, 0.717) is 11.8 Å². The lowest BCUT2D eigenvalue weighted by atomic mass is 9.94. The van der Waals surface area contributed by atoms with E-state index in [0.717, 1.165) is 79.9 Å². The fraction of sp³-hybridized carbons (Fsp3) is 0.267. The van der Waals surface area contributed by atoms with Crippen LogP contribution >= 0.6 is 0 Å². The van der Waals surface area contributed by atoms with E-state index in [1.165, 1.54) is 268 Å². The Morgan fingerprint density at radius 3 is 0.909 bits per heavy atom. The third kappa shape index (κ3) is 18.6. The predicted molar refractivity (Wildman–Crippen MR) is 583 cm³/mol. The van der Waals surface area contributed by atoms with Crippen molar-refractivity contribution < 1.29 is 27.4 Å². The maximum atomic E-state index is 4.87. The van der Waals surface area contributed by atoms with Crippen LogP contribution in [0, 0.1) is 117 Å². The van der Waals surface area contributed by atoms with Gasteiger partial charge in [0, 0.05) is 38.5 Å². The van der Waals surface area contributed by atoms with Gasteiger partial charge < -0.3 is 0 Å². The average Bonchev–Trinajstić information content (AvgIpc) is 2.15. The molecule has 0 saturated heterocycles. The van der Waals surface area contributed by atoms with Gasteiger partial charge in [-0.1, -0.05) is 254 Å². The number of aryl methyl sites for hydroxylation is 16. The molecule has 0 bridgehead atoms. The summed E-state index contributed by atoms with van der Waals surface area (Å²) in [5.74, 6) is 7.53. The molecular weight excluding hydrogens is 1740 g/mol. The summed E-state index contributed by atoms with van der Waals surface area (Å²) in [4.78, 5) is 29.0. The molecule has 12 aromatic carbocycles. The zero-order valence-corrected chi connectivity index (χ0v) is 88.7. The summed E-state index contributed by atoms with van der Waals surface area (Å²) >= 11 is 0. The Bertz CT molecular complexity index is 8190. The third-order valence-corrected chi connectivity index (χ3v) is 30.8. The van der Waals surface area contributed by atoms with Crippen molar-refractivity contribution in [1.29, 1.82) is 0 Å². The number of fused-ring (bicyclic) bond motifs is 18. The standard InChI is InChI=1S/C24H27N2.C23H25N2.4C21H21N2/c1-15(2)11-18-7-6-8-19-21(18)13-23-22(19)14-25-24(26(23)5)20-12-16(3)9-10-17(20)4;1-14(2)17-7-6-8-18-20(17)12-22-21(18)13-24-23(25(22)5)19-11-15(3)9-10-16(19)4;1-13-6-8-17-16(9-13)11-20-19(17)12-22-21(23(20)4)18-10-14(2)5-7-15(18)3;1-13-5-7-15(3)17(9-13)21-22-12-19-18-10-14(2)6-8-16(18)11-20(19)23(21)4;1-13-8-9-14(2)17(10-13)21-22-12-18-19(23(21)4)11-16-7-5-6-15(3)20(16)18;1-13-8-9-15(3)18(10-13)21-22-12-19-16-7-5-6-14(2)17(16)11-20(19)23(21)4/h6-10,12,14-15H,11,13H2,1-5H3;6-11,13-14H,12H2,1-5H3;4*5-10,12H,11H2,1-4H3/q6*+1. The Hall–Kier alpha value is -14.9. The largest absolute Gasteiger partial charge is 0.330 e. The number of rotatable bonds is 9. The molecule has 6 aliphatic carbocycles. The Balaban J connectivity index is 0.000000109. The summed E-state index contributed by atoms with van der Waals surface area (Å²) in [6, 6.07) is 79.5. The van der Waals surface area contributed by atoms with Crippen LogP contribution in [0.4, 0.5) is 0 Å². The molecule has 18 aromatic rings. The molecule has 0 atom stereocenters. The second kappa shape index (κ2) is 39.5. The summed E-state index contributed by atoms with van der Waals surface area (Å²) in [5, 5.41) is 0. The van der Waals surface area contributed by atoms with Gasteiger partial charge in [-0.25, -0.2) is 27.4 Å². The molecule has 6 aromatic heterocycles. The van der Waals surface area contributed by atoms with Gasteiger partial charge in [-0.2, -0.15) is 0 Å². The molecule has 0 saturated carbocycles. The number of benzene rings is 12. The Morgan fingerprint density at radius 1 is 0.217 bits per heavy atom. The van der Waals surface area contributed by atoms with Gasteiger partial charge >= 0.3 is 34.9 Å². The van der Waals surface area contributed by atoms with Crippen LogP contribution < -0.4 is 27.4 Å². The highest BCUT2D eigenvalue weighted by molar-refractivity contribution is 5.82. The lowest BCUT2D eigenvalue weighted by molar-refractivity contribution is -0.669. The average molecular weight is 1880 g/mol. The maximum Gasteiger partial charge on any atom is 0.330 e. The van der Waals surface area contributed by atoms with Gasteiger partial charge in [0.1, 0.15) is 34.2 Å². The monoisotopic (exact) mass is 1880 g/mol. The molecule has 0 unspecified atom stereocenters. The van der Waals surface area contributed by atoms with E-state index in [4.69, 9.17) is 29.9 Å². The van der Waals surface area contributed by atoms with E-state index in [9.17, 15) is 0 Å². The highest BCUT2D eigenvalue weighted by Gasteiger charge is 2.38. The first kappa shape index (κ1) is 97.0. The summed E-state index contributed by atoms with van der Waals surface area (Å²) in [6.45, 7) is 43.6. The summed E-state index contributed by atoms with van der Waals surface area (Å²) < 4.78 is 13.7. The van der Waals surface area contributed by atoms with Crippen molar-refractivity contribution in [3.63, 3.8) is 0 Å². The van der Waals surface area contributed by atoms with E-state index in [1.807, 2.05) is 6.20 Å². The second-order valence-electron chi connectivity index (χ2n) is 42.1. The number of nitrogens with zero attached hydrogens (tertiary/aromatic N) is 12. The maximum absolute atomic E-state index is 4.87. The van der Waals surface area contributed by atoms with Crippen molar-refractivity contribution in [3.8, 4) is 135 Å². The van der Waals surface area contributed by atoms with Crippen LogP contribution in [0.25, 0.3) is 135 Å². The summed E-state index contributed by atoms with van der Waals surface area (Å²) in [6.07, 6.45) is 19.5. The van der Waals surface area contributed by atoms with Crippen molar-refractivity contribution in [1.82, 2.24) is 29.9 Å². The summed E-state index contributed by atoms with van der Waals surface area (Å²) in [5.41, 5.74) is 63.5. The first-order chi connectivity index (χ1) is 68.6. The minimum Gasteiger partial charge on any atom is -0.229 e. The lowest BCUT2D eigenvalue weighted by Crippen LogP contribution is -2.37. The zero-order valence-electron chi connectivity index (χ0n) is 88.7. The van der Waals surface area contributed by atoms with Crippen molar-refractivity contribution in [2.45, 2.75) is 189 Å². The molecule has 24 rings (SSSR count). The van der Waals surface area contributed by atoms with Crippen molar-refractivity contribution in [2.24, 2.45) is 48.2 Å². The van der Waals surface area contributed by atoms with Gasteiger partial charge in [0.2, 0.25) is 0 Å². The van der Waals surface area contributed by atoms with Gasteiger partial charge in [0.15, 0.2) is 37.2 Å². The lowest BCUT2D eigenvalue weighted by Gasteiger charge is -2.10. The van der Waals surface area contributed by atoms with Crippen LogP contribution in [0.3, 0.4) is 0 Å². The third-order valence-electron chi connectivity index (χ3n) is 30.8. The van der Waals surface area contributed by atoms with E-state index in [-0.39, 0.29) is 0 Å². The van der Waals surface area contributed by atoms with E-state index >= 15 is 0 Å². The number of aromatic nitrogens is 12. The van der Waals surface area contributed by atoms with E-state index in [2.05, 4.69) is 458 Å².